The fraction of sp³-hybridized carbons (Fsp3) is 0.833. The highest BCUT2D eigenvalue weighted by atomic mass is 16.9. The van der Waals surface area contributed by atoms with Crippen LogP contribution < -0.4 is 0 Å². The summed E-state index contributed by atoms with van der Waals surface area (Å²) in [6, 6.07) is 0. The second-order valence-corrected chi connectivity index (χ2v) is 3.71. The molecule has 118 valence electrons. The molecule has 0 spiro atoms. The maximum absolute atomic E-state index is 11.3. The molecule has 0 unspecified atom stereocenters. The first-order valence-electron chi connectivity index (χ1n) is 6.07. The van der Waals surface area contributed by atoms with Gasteiger partial charge in [-0.2, -0.15) is 0 Å². The highest BCUT2D eigenvalue weighted by Crippen LogP contribution is 2.06. The Hall–Kier alpha value is -1.22. The van der Waals surface area contributed by atoms with Crippen LogP contribution in [0.15, 0.2) is 0 Å². The molecule has 0 fully saturated rings. The summed E-state index contributed by atoms with van der Waals surface area (Å²) in [5, 5.41) is 0. The van der Waals surface area contributed by atoms with Crippen molar-refractivity contribution < 1.29 is 38.0 Å². The van der Waals surface area contributed by atoms with Crippen LogP contribution in [0.1, 0.15) is 25.7 Å². The van der Waals surface area contributed by atoms with Crippen molar-refractivity contribution in [2.24, 2.45) is 0 Å². The minimum atomic E-state index is -1.00. The summed E-state index contributed by atoms with van der Waals surface area (Å²) in [6.45, 7) is -2.01. The highest BCUT2D eigenvalue weighted by Gasteiger charge is 2.14. The Morgan fingerprint density at radius 2 is 1.00 bits per heavy atom. The van der Waals surface area contributed by atoms with Crippen LogP contribution in [0, 0.1) is 0 Å². The number of hydrogen-bond acceptors (Lipinski definition) is 8. The predicted octanol–water partition coefficient (Wildman–Crippen LogP) is 0.786. The predicted molar refractivity (Wildman–Crippen MR) is 66.3 cm³/mol. The van der Waals surface area contributed by atoms with Crippen molar-refractivity contribution in [1.82, 2.24) is 0 Å². The first-order valence-corrected chi connectivity index (χ1v) is 6.07. The second kappa shape index (κ2) is 11.6. The fourth-order valence-electron chi connectivity index (χ4n) is 1.26. The molecule has 0 aromatic rings. The molecule has 0 rings (SSSR count). The van der Waals surface area contributed by atoms with Crippen LogP contribution in [-0.2, 0) is 38.0 Å². The highest BCUT2D eigenvalue weighted by molar-refractivity contribution is 5.70. The van der Waals surface area contributed by atoms with E-state index in [0.717, 1.165) is 0 Å². The van der Waals surface area contributed by atoms with Gasteiger partial charge >= 0.3 is 24.9 Å². The molecule has 20 heavy (non-hydrogen) atoms. The average Bonchev–Trinajstić information content (AvgIpc) is 2.46. The summed E-state index contributed by atoms with van der Waals surface area (Å²) in [7, 11) is 5.44. The molecule has 0 saturated heterocycles. The third-order valence-corrected chi connectivity index (χ3v) is 2.24. The Morgan fingerprint density at radius 1 is 0.700 bits per heavy atom. The van der Waals surface area contributed by atoms with Crippen LogP contribution >= 0.6 is 0 Å². The van der Waals surface area contributed by atoms with Crippen LogP contribution in [0.2, 0.25) is 0 Å². The molecule has 0 aliphatic rings. The molecular weight excluding hydrogens is 272 g/mol. The SMILES string of the molecule is COC(OC)OC(=O)CCCCC(=O)OC(OC)OC. The van der Waals surface area contributed by atoms with Crippen molar-refractivity contribution >= 4 is 11.9 Å². The lowest BCUT2D eigenvalue weighted by Gasteiger charge is -2.14. The lowest BCUT2D eigenvalue weighted by atomic mass is 10.2. The van der Waals surface area contributed by atoms with E-state index in [2.05, 4.69) is 0 Å². The van der Waals surface area contributed by atoms with E-state index in [4.69, 9.17) is 28.4 Å². The number of ether oxygens (including phenoxy) is 6. The third-order valence-electron chi connectivity index (χ3n) is 2.24. The van der Waals surface area contributed by atoms with E-state index < -0.39 is 24.9 Å². The molecule has 0 aliphatic carbocycles. The standard InChI is InChI=1S/C12H22O8/c1-15-11(16-2)19-9(13)7-5-6-8-10(14)20-12(17-3)18-4/h11-12H,5-8H2,1-4H3. The van der Waals surface area contributed by atoms with Crippen LogP contribution in [0.5, 0.6) is 0 Å². The van der Waals surface area contributed by atoms with E-state index in [1.807, 2.05) is 0 Å². The molecule has 0 N–H and O–H groups in total. The van der Waals surface area contributed by atoms with Crippen molar-refractivity contribution in [3.8, 4) is 0 Å². The summed E-state index contributed by atoms with van der Waals surface area (Å²) in [5.74, 6) is -0.919. The normalized spacial score (nSPS) is 10.9. The molecule has 0 aromatic carbocycles. The van der Waals surface area contributed by atoms with E-state index in [9.17, 15) is 9.59 Å². The molecule has 0 amide bonds. The lowest BCUT2D eigenvalue weighted by Crippen LogP contribution is -2.22. The lowest BCUT2D eigenvalue weighted by molar-refractivity contribution is -0.256. The van der Waals surface area contributed by atoms with Crippen molar-refractivity contribution in [3.05, 3.63) is 0 Å². The number of unbranched alkanes of at least 4 members (excludes halogenated alkanes) is 1. The summed E-state index contributed by atoms with van der Waals surface area (Å²) in [4.78, 5) is 22.7. The van der Waals surface area contributed by atoms with E-state index in [1.165, 1.54) is 28.4 Å². The summed E-state index contributed by atoms with van der Waals surface area (Å²) < 4.78 is 28.5. The molecule has 0 heterocycles. The smallest absolute Gasteiger partial charge is 0.317 e. The second-order valence-electron chi connectivity index (χ2n) is 3.71. The Labute approximate surface area is 118 Å². The van der Waals surface area contributed by atoms with Gasteiger partial charge in [0.2, 0.25) is 0 Å². The quantitative estimate of drug-likeness (QED) is 0.314. The van der Waals surface area contributed by atoms with Gasteiger partial charge in [-0.25, -0.2) is 0 Å². The number of methoxy groups -OCH3 is 4. The number of hydrogen-bond donors (Lipinski definition) is 0. The van der Waals surface area contributed by atoms with Crippen LogP contribution in [0.4, 0.5) is 0 Å². The molecular formula is C12H22O8. The first-order chi connectivity index (χ1) is 9.57. The zero-order valence-electron chi connectivity index (χ0n) is 12.2. The van der Waals surface area contributed by atoms with E-state index in [0.29, 0.717) is 12.8 Å². The van der Waals surface area contributed by atoms with E-state index in [-0.39, 0.29) is 12.8 Å². The third kappa shape index (κ3) is 8.81. The van der Waals surface area contributed by atoms with Gasteiger partial charge < -0.3 is 28.4 Å². The maximum Gasteiger partial charge on any atom is 0.317 e. The molecule has 0 radical (unpaired) electrons. The van der Waals surface area contributed by atoms with Gasteiger partial charge in [-0.15, -0.1) is 0 Å². The van der Waals surface area contributed by atoms with Crippen molar-refractivity contribution in [3.63, 3.8) is 0 Å². The largest absolute Gasteiger partial charge is 0.410 e. The van der Waals surface area contributed by atoms with Crippen molar-refractivity contribution in [1.29, 1.82) is 0 Å². The Kier molecular flexibility index (Phi) is 10.9. The Bertz CT molecular complexity index is 245. The summed E-state index contributed by atoms with van der Waals surface area (Å²) >= 11 is 0. The molecule has 0 aliphatic heterocycles. The van der Waals surface area contributed by atoms with Crippen molar-refractivity contribution in [2.45, 2.75) is 38.6 Å². The zero-order valence-corrected chi connectivity index (χ0v) is 12.2. The fourth-order valence-corrected chi connectivity index (χ4v) is 1.26. The minimum Gasteiger partial charge on any atom is -0.410 e. The van der Waals surface area contributed by atoms with Gasteiger partial charge in [0.15, 0.2) is 0 Å². The average molecular weight is 294 g/mol. The Morgan fingerprint density at radius 3 is 1.25 bits per heavy atom. The van der Waals surface area contributed by atoms with Crippen LogP contribution in [-0.4, -0.2) is 53.3 Å². The number of esters is 2. The minimum absolute atomic E-state index is 0.161. The van der Waals surface area contributed by atoms with E-state index >= 15 is 0 Å². The topological polar surface area (TPSA) is 89.5 Å². The molecule has 0 atom stereocenters. The molecule has 0 saturated carbocycles. The molecule has 0 bridgehead atoms. The number of rotatable bonds is 11. The summed E-state index contributed by atoms with van der Waals surface area (Å²) in [6.07, 6.45) is 1.29. The van der Waals surface area contributed by atoms with E-state index in [1.54, 1.807) is 0 Å². The molecule has 0 aromatic heterocycles. The van der Waals surface area contributed by atoms with Gasteiger partial charge in [0.1, 0.15) is 0 Å². The number of carbonyl (C=O) groups is 2. The van der Waals surface area contributed by atoms with Gasteiger partial charge in [-0.3, -0.25) is 9.59 Å². The summed E-state index contributed by atoms with van der Waals surface area (Å²) in [5.41, 5.74) is 0. The first kappa shape index (κ1) is 18.8. The van der Waals surface area contributed by atoms with Gasteiger partial charge in [-0.1, -0.05) is 0 Å². The van der Waals surface area contributed by atoms with Crippen LogP contribution in [0.25, 0.3) is 0 Å². The van der Waals surface area contributed by atoms with Crippen molar-refractivity contribution in [2.75, 3.05) is 28.4 Å². The van der Waals surface area contributed by atoms with Crippen LogP contribution in [0.3, 0.4) is 0 Å². The maximum atomic E-state index is 11.3. The number of carbonyl (C=O) groups excluding carboxylic acids is 2. The monoisotopic (exact) mass is 294 g/mol. The Balaban J connectivity index is 3.70. The van der Waals surface area contributed by atoms with Gasteiger partial charge in [-0.05, 0) is 12.8 Å². The van der Waals surface area contributed by atoms with Gasteiger partial charge in [0.25, 0.3) is 0 Å². The van der Waals surface area contributed by atoms with Gasteiger partial charge in [0, 0.05) is 41.3 Å². The zero-order chi connectivity index (χ0) is 15.4. The van der Waals surface area contributed by atoms with Gasteiger partial charge in [0.05, 0.1) is 0 Å². The molecule has 8 nitrogen and oxygen atoms in total. The molecule has 8 heteroatoms.